The van der Waals surface area contributed by atoms with Crippen molar-refractivity contribution in [2.45, 2.75) is 44.7 Å². The van der Waals surface area contributed by atoms with Crippen LogP contribution in [-0.4, -0.2) is 24.7 Å². The van der Waals surface area contributed by atoms with Crippen molar-refractivity contribution in [3.63, 3.8) is 0 Å². The Bertz CT molecular complexity index is 1140. The molecule has 2 heterocycles. The van der Waals surface area contributed by atoms with Gasteiger partial charge in [-0.15, -0.1) is 0 Å². The van der Waals surface area contributed by atoms with Gasteiger partial charge >= 0.3 is 5.69 Å². The molecule has 7 nitrogen and oxygen atoms in total. The van der Waals surface area contributed by atoms with E-state index in [0.29, 0.717) is 29.7 Å². The first-order chi connectivity index (χ1) is 13.5. The summed E-state index contributed by atoms with van der Waals surface area (Å²) in [5.74, 6) is 0.667. The first-order valence-electron chi connectivity index (χ1n) is 9.63. The molecule has 4 rings (SSSR count). The van der Waals surface area contributed by atoms with Gasteiger partial charge in [0.1, 0.15) is 0 Å². The molecule has 0 atom stereocenters. The highest BCUT2D eigenvalue weighted by Gasteiger charge is 2.22. The second-order valence-electron chi connectivity index (χ2n) is 7.47. The number of nitrogens with zero attached hydrogens (tertiary/aromatic N) is 4. The first-order valence-corrected chi connectivity index (χ1v) is 10.7. The molecule has 1 N–H and O–H groups in total. The molecule has 8 heteroatoms. The molecule has 0 spiro atoms. The van der Waals surface area contributed by atoms with Gasteiger partial charge < -0.3 is 5.32 Å². The Morgan fingerprint density at radius 3 is 2.54 bits per heavy atom. The maximum absolute atomic E-state index is 13.0. The van der Waals surface area contributed by atoms with Crippen LogP contribution in [0.5, 0.6) is 0 Å². The minimum absolute atomic E-state index is 0.312. The van der Waals surface area contributed by atoms with Crippen molar-refractivity contribution in [1.29, 1.82) is 0 Å². The number of aryl methyl sites for hydroxylation is 1. The number of rotatable bonds is 4. The number of halogens is 1. The number of nitrogens with one attached hydrogen (secondary N) is 1. The second kappa shape index (κ2) is 7.73. The maximum atomic E-state index is 13.0. The Labute approximate surface area is 176 Å². The lowest BCUT2D eigenvalue weighted by Gasteiger charge is -2.23. The molecule has 3 aromatic rings. The van der Waals surface area contributed by atoms with Crippen LogP contribution in [0.15, 0.2) is 33.9 Å². The number of hydrogen-bond acceptors (Lipinski definition) is 4. The number of imidazole rings is 1. The van der Waals surface area contributed by atoms with Crippen LogP contribution >= 0.6 is 22.6 Å². The smallest absolute Gasteiger partial charge is 0.332 e. The van der Waals surface area contributed by atoms with E-state index in [2.05, 4.69) is 40.0 Å². The van der Waals surface area contributed by atoms with Crippen LogP contribution in [0.4, 0.5) is 5.95 Å². The fourth-order valence-electron chi connectivity index (χ4n) is 3.94. The van der Waals surface area contributed by atoms with E-state index in [1.54, 1.807) is 7.05 Å². The third-order valence-electron chi connectivity index (χ3n) is 5.57. The number of hydrogen-bond donors (Lipinski definition) is 1. The van der Waals surface area contributed by atoms with Crippen molar-refractivity contribution in [3.05, 3.63) is 54.2 Å². The number of aromatic nitrogens is 4. The van der Waals surface area contributed by atoms with Gasteiger partial charge in [-0.1, -0.05) is 37.5 Å². The quantitative estimate of drug-likeness (QED) is 0.568. The average Bonchev–Trinajstić information content (AvgIpc) is 3.05. The van der Waals surface area contributed by atoms with Crippen LogP contribution in [-0.2, 0) is 20.6 Å². The van der Waals surface area contributed by atoms with E-state index >= 15 is 0 Å². The Hall–Kier alpha value is -2.10. The second-order valence-corrected chi connectivity index (χ2v) is 8.63. The minimum atomic E-state index is -0.361. The summed E-state index contributed by atoms with van der Waals surface area (Å²) in [6.07, 6.45) is 5.88. The molecule has 1 aromatic carbocycles. The fourth-order valence-corrected chi connectivity index (χ4v) is 4.50. The van der Waals surface area contributed by atoms with Crippen molar-refractivity contribution in [1.82, 2.24) is 18.7 Å². The molecule has 0 bridgehead atoms. The number of benzene rings is 1. The Balaban J connectivity index is 1.90. The van der Waals surface area contributed by atoms with Crippen LogP contribution in [0.3, 0.4) is 0 Å². The van der Waals surface area contributed by atoms with Crippen molar-refractivity contribution < 1.29 is 0 Å². The lowest BCUT2D eigenvalue weighted by Crippen LogP contribution is -2.37. The molecule has 0 saturated heterocycles. The molecular formula is C20H24IN5O2. The molecule has 1 fully saturated rings. The van der Waals surface area contributed by atoms with Crippen LogP contribution in [0, 0.1) is 3.57 Å². The lowest BCUT2D eigenvalue weighted by atomic mass is 9.96. The van der Waals surface area contributed by atoms with Crippen molar-refractivity contribution >= 4 is 39.7 Å². The largest absolute Gasteiger partial charge is 0.353 e. The van der Waals surface area contributed by atoms with E-state index in [1.807, 2.05) is 16.7 Å². The van der Waals surface area contributed by atoms with Gasteiger partial charge in [-0.2, -0.15) is 4.98 Å². The van der Waals surface area contributed by atoms with E-state index in [0.717, 1.165) is 26.5 Å². The molecule has 0 aliphatic heterocycles. The highest BCUT2D eigenvalue weighted by atomic mass is 127. The van der Waals surface area contributed by atoms with Gasteiger partial charge in [-0.25, -0.2) is 4.79 Å². The molecule has 1 saturated carbocycles. The van der Waals surface area contributed by atoms with Gasteiger partial charge in [-0.05, 0) is 47.1 Å². The van der Waals surface area contributed by atoms with Crippen LogP contribution in [0.1, 0.15) is 37.7 Å². The molecule has 2 aromatic heterocycles. The van der Waals surface area contributed by atoms with Gasteiger partial charge in [0.15, 0.2) is 11.2 Å². The van der Waals surface area contributed by atoms with E-state index in [4.69, 9.17) is 4.98 Å². The van der Waals surface area contributed by atoms with Crippen molar-refractivity contribution in [2.24, 2.45) is 14.1 Å². The third-order valence-corrected chi connectivity index (χ3v) is 6.63. The standard InChI is InChI=1S/C20H24IN5O2/c1-24-17-16(18(27)25(2)20(24)28)26(12-13-8-6-7-11-15(13)21)19(23-17)22-14-9-4-3-5-10-14/h6-8,11,14H,3-5,9-10,12H2,1-2H3,(H,22,23). The molecule has 28 heavy (non-hydrogen) atoms. The van der Waals surface area contributed by atoms with Crippen LogP contribution in [0.2, 0.25) is 0 Å². The summed E-state index contributed by atoms with van der Waals surface area (Å²) in [4.78, 5) is 30.0. The predicted octanol–water partition coefficient (Wildman–Crippen LogP) is 2.83. The van der Waals surface area contributed by atoms with Gasteiger partial charge in [-0.3, -0.25) is 18.5 Å². The number of fused-ring (bicyclic) bond motifs is 1. The van der Waals surface area contributed by atoms with Crippen molar-refractivity contribution in [2.75, 3.05) is 5.32 Å². The summed E-state index contributed by atoms with van der Waals surface area (Å²) >= 11 is 2.31. The maximum Gasteiger partial charge on any atom is 0.332 e. The van der Waals surface area contributed by atoms with Gasteiger partial charge in [0.2, 0.25) is 5.95 Å². The fraction of sp³-hybridized carbons (Fsp3) is 0.450. The van der Waals surface area contributed by atoms with Gasteiger partial charge in [0.05, 0.1) is 6.54 Å². The summed E-state index contributed by atoms with van der Waals surface area (Å²) in [7, 11) is 3.18. The molecule has 1 aliphatic carbocycles. The average molecular weight is 493 g/mol. The van der Waals surface area contributed by atoms with E-state index in [-0.39, 0.29) is 11.2 Å². The zero-order valence-electron chi connectivity index (χ0n) is 16.1. The highest BCUT2D eigenvalue weighted by Crippen LogP contribution is 2.25. The molecular weight excluding hydrogens is 469 g/mol. The summed E-state index contributed by atoms with van der Waals surface area (Å²) in [5.41, 5.74) is 1.33. The molecule has 1 aliphatic rings. The van der Waals surface area contributed by atoms with E-state index < -0.39 is 0 Å². The molecule has 0 amide bonds. The van der Waals surface area contributed by atoms with Crippen LogP contribution in [0.25, 0.3) is 11.2 Å². The van der Waals surface area contributed by atoms with Gasteiger partial charge in [0.25, 0.3) is 5.56 Å². The summed E-state index contributed by atoms with van der Waals surface area (Å²) in [5, 5.41) is 3.56. The van der Waals surface area contributed by atoms with Crippen LogP contribution < -0.4 is 16.6 Å². The van der Waals surface area contributed by atoms with Gasteiger partial charge in [0, 0.05) is 23.7 Å². The molecule has 0 radical (unpaired) electrons. The lowest BCUT2D eigenvalue weighted by molar-refractivity contribution is 0.459. The van der Waals surface area contributed by atoms with E-state index in [9.17, 15) is 9.59 Å². The molecule has 148 valence electrons. The Morgan fingerprint density at radius 2 is 1.82 bits per heavy atom. The Kier molecular flexibility index (Phi) is 5.31. The topological polar surface area (TPSA) is 73.8 Å². The van der Waals surface area contributed by atoms with Crippen molar-refractivity contribution in [3.8, 4) is 0 Å². The number of anilines is 1. The summed E-state index contributed by atoms with van der Waals surface area (Å²) < 4.78 is 5.67. The van der Waals surface area contributed by atoms with E-state index in [1.165, 1.54) is 30.9 Å². The Morgan fingerprint density at radius 1 is 1.11 bits per heavy atom. The predicted molar refractivity (Wildman–Crippen MR) is 119 cm³/mol. The third kappa shape index (κ3) is 3.38. The normalized spacial score (nSPS) is 15.2. The minimum Gasteiger partial charge on any atom is -0.353 e. The SMILES string of the molecule is Cn1c(=O)c2c(nc(NC3CCCCC3)n2Cc2ccccc2I)n(C)c1=O. The summed E-state index contributed by atoms with van der Waals surface area (Å²) in [6, 6.07) is 8.46. The highest BCUT2D eigenvalue weighted by molar-refractivity contribution is 14.1. The molecule has 0 unspecified atom stereocenters. The first kappa shape index (κ1) is 19.2. The zero-order valence-corrected chi connectivity index (χ0v) is 18.3. The summed E-state index contributed by atoms with van der Waals surface area (Å²) in [6.45, 7) is 0.526. The zero-order chi connectivity index (χ0) is 19.8. The monoisotopic (exact) mass is 493 g/mol.